The van der Waals surface area contributed by atoms with E-state index in [1.165, 1.54) is 24.1 Å². The highest BCUT2D eigenvalue weighted by molar-refractivity contribution is 6.31. The Bertz CT molecular complexity index is 785. The normalized spacial score (nSPS) is 32.0. The summed E-state index contributed by atoms with van der Waals surface area (Å²) in [7, 11) is 1.42. The van der Waals surface area contributed by atoms with Crippen LogP contribution in [0.2, 0.25) is 5.02 Å². The van der Waals surface area contributed by atoms with Crippen LogP contribution in [0.15, 0.2) is 18.2 Å². The van der Waals surface area contributed by atoms with Gasteiger partial charge in [0.15, 0.2) is 6.10 Å². The number of nitriles is 1. The second-order valence-corrected chi connectivity index (χ2v) is 7.88. The number of nitrogens with zero attached hydrogens (tertiary/aromatic N) is 2. The Labute approximate surface area is 174 Å². The molecule has 1 aliphatic heterocycles. The Balaban J connectivity index is 2.00. The standard InChI is InChI=1S/C20H25ClN2O6/c1-28-17-8-16(26)18(10-24)29-19(17)20(27)23(14-3-2-4-15(14)25)13-6-11(9-22)5-12(21)7-13/h5-7,14-19,24-26H,2-4,8,10H2,1H3/t14-,15-,16?,17?,18?,19?/m1/s1. The van der Waals surface area contributed by atoms with E-state index in [9.17, 15) is 25.4 Å². The summed E-state index contributed by atoms with van der Waals surface area (Å²) in [6.45, 7) is -0.441. The lowest BCUT2D eigenvalue weighted by molar-refractivity contribution is -0.190. The molecule has 29 heavy (non-hydrogen) atoms. The van der Waals surface area contributed by atoms with E-state index in [0.717, 1.165) is 6.42 Å². The lowest BCUT2D eigenvalue weighted by atomic mass is 9.96. The van der Waals surface area contributed by atoms with Gasteiger partial charge in [0.05, 0.1) is 42.6 Å². The van der Waals surface area contributed by atoms with Gasteiger partial charge in [-0.25, -0.2) is 0 Å². The zero-order valence-corrected chi connectivity index (χ0v) is 16.8. The van der Waals surface area contributed by atoms with E-state index < -0.39 is 49.1 Å². The largest absolute Gasteiger partial charge is 0.394 e. The molecule has 2 fully saturated rings. The predicted molar refractivity (Wildman–Crippen MR) is 104 cm³/mol. The fourth-order valence-corrected chi connectivity index (χ4v) is 4.33. The number of benzene rings is 1. The lowest BCUT2D eigenvalue weighted by Gasteiger charge is -2.41. The first-order valence-corrected chi connectivity index (χ1v) is 9.96. The number of carbonyl (C=O) groups excluding carboxylic acids is 1. The zero-order valence-electron chi connectivity index (χ0n) is 16.1. The molecular weight excluding hydrogens is 400 g/mol. The van der Waals surface area contributed by atoms with Gasteiger partial charge in [0.2, 0.25) is 0 Å². The van der Waals surface area contributed by atoms with E-state index in [0.29, 0.717) is 23.6 Å². The van der Waals surface area contributed by atoms with Gasteiger partial charge in [-0.1, -0.05) is 11.6 Å². The molecule has 9 heteroatoms. The molecule has 3 rings (SSSR count). The van der Waals surface area contributed by atoms with Crippen LogP contribution in [-0.2, 0) is 14.3 Å². The maximum atomic E-state index is 13.6. The van der Waals surface area contributed by atoms with E-state index in [1.54, 1.807) is 6.07 Å². The van der Waals surface area contributed by atoms with Crippen molar-refractivity contribution < 1.29 is 29.6 Å². The number of anilines is 1. The molecule has 8 nitrogen and oxygen atoms in total. The van der Waals surface area contributed by atoms with Crippen LogP contribution < -0.4 is 4.90 Å². The minimum absolute atomic E-state index is 0.123. The Kier molecular flexibility index (Phi) is 7.11. The average molecular weight is 425 g/mol. The first-order chi connectivity index (χ1) is 13.9. The van der Waals surface area contributed by atoms with Gasteiger partial charge in [-0.3, -0.25) is 4.79 Å². The molecule has 3 N–H and O–H groups in total. The van der Waals surface area contributed by atoms with Crippen molar-refractivity contribution in [1.29, 1.82) is 5.26 Å². The van der Waals surface area contributed by atoms with Crippen molar-refractivity contribution in [2.75, 3.05) is 18.6 Å². The lowest BCUT2D eigenvalue weighted by Crippen LogP contribution is -2.58. The summed E-state index contributed by atoms with van der Waals surface area (Å²) in [6.07, 6.45) is -2.41. The number of carbonyl (C=O) groups is 1. The number of amides is 1. The Morgan fingerprint density at radius 2 is 2.10 bits per heavy atom. The number of aliphatic hydroxyl groups excluding tert-OH is 3. The number of rotatable bonds is 5. The van der Waals surface area contributed by atoms with Crippen molar-refractivity contribution >= 4 is 23.2 Å². The van der Waals surface area contributed by atoms with Crippen molar-refractivity contribution in [3.8, 4) is 6.07 Å². The van der Waals surface area contributed by atoms with Crippen molar-refractivity contribution in [3.63, 3.8) is 0 Å². The third-order valence-corrected chi connectivity index (χ3v) is 5.81. The molecule has 158 valence electrons. The van der Waals surface area contributed by atoms with Crippen LogP contribution in [0.3, 0.4) is 0 Å². The summed E-state index contributed by atoms with van der Waals surface area (Å²) in [6, 6.07) is 6.11. The van der Waals surface area contributed by atoms with E-state index >= 15 is 0 Å². The number of hydrogen-bond donors (Lipinski definition) is 3. The third-order valence-electron chi connectivity index (χ3n) is 5.59. The van der Waals surface area contributed by atoms with Crippen LogP contribution in [-0.4, -0.2) is 71.5 Å². The molecule has 0 aromatic heterocycles. The van der Waals surface area contributed by atoms with Gasteiger partial charge in [0.25, 0.3) is 5.91 Å². The molecular formula is C20H25ClN2O6. The minimum Gasteiger partial charge on any atom is -0.394 e. The highest BCUT2D eigenvalue weighted by atomic mass is 35.5. The summed E-state index contributed by atoms with van der Waals surface area (Å²) in [5.74, 6) is -0.473. The van der Waals surface area contributed by atoms with Gasteiger partial charge in [-0.15, -0.1) is 0 Å². The van der Waals surface area contributed by atoms with Crippen LogP contribution in [0.25, 0.3) is 0 Å². The molecule has 0 spiro atoms. The van der Waals surface area contributed by atoms with Crippen LogP contribution in [0.1, 0.15) is 31.2 Å². The van der Waals surface area contributed by atoms with Gasteiger partial charge in [-0.2, -0.15) is 5.26 Å². The quantitative estimate of drug-likeness (QED) is 0.643. The molecule has 1 aliphatic carbocycles. The average Bonchev–Trinajstić information content (AvgIpc) is 3.12. The highest BCUT2D eigenvalue weighted by Crippen LogP contribution is 2.34. The smallest absolute Gasteiger partial charge is 0.259 e. The zero-order chi connectivity index (χ0) is 21.1. The molecule has 1 saturated carbocycles. The number of halogens is 1. The molecule has 0 radical (unpaired) electrons. The van der Waals surface area contributed by atoms with E-state index in [-0.39, 0.29) is 12.0 Å². The van der Waals surface area contributed by atoms with E-state index in [4.69, 9.17) is 21.1 Å². The van der Waals surface area contributed by atoms with Crippen LogP contribution >= 0.6 is 11.6 Å². The Morgan fingerprint density at radius 3 is 2.69 bits per heavy atom. The first-order valence-electron chi connectivity index (χ1n) is 9.58. The molecule has 1 amide bonds. The Hall–Kier alpha value is -1.73. The van der Waals surface area contributed by atoms with E-state index in [1.807, 2.05) is 6.07 Å². The summed E-state index contributed by atoms with van der Waals surface area (Å²) in [5.41, 5.74) is 0.671. The van der Waals surface area contributed by atoms with Crippen molar-refractivity contribution in [2.45, 2.75) is 62.2 Å². The summed E-state index contributed by atoms with van der Waals surface area (Å²) >= 11 is 6.15. The summed E-state index contributed by atoms with van der Waals surface area (Å²) < 4.78 is 11.1. The van der Waals surface area contributed by atoms with Gasteiger partial charge in [-0.05, 0) is 37.5 Å². The minimum atomic E-state index is -1.09. The highest BCUT2D eigenvalue weighted by Gasteiger charge is 2.45. The summed E-state index contributed by atoms with van der Waals surface area (Å²) in [4.78, 5) is 15.0. The number of ether oxygens (including phenoxy) is 2. The molecule has 1 saturated heterocycles. The van der Waals surface area contributed by atoms with Crippen molar-refractivity contribution in [2.24, 2.45) is 0 Å². The predicted octanol–water partition coefficient (Wildman–Crippen LogP) is 0.984. The van der Waals surface area contributed by atoms with Gasteiger partial charge in [0, 0.05) is 24.2 Å². The SMILES string of the molecule is COC1CC(O)C(CO)OC1C(=O)N(c1cc(Cl)cc(C#N)c1)[C@@H]1CCC[C@H]1O. The number of aliphatic hydroxyl groups is 3. The maximum Gasteiger partial charge on any atom is 0.259 e. The maximum absolute atomic E-state index is 13.6. The first kappa shape index (κ1) is 22.0. The molecule has 2 aliphatic rings. The molecule has 1 aromatic carbocycles. The molecule has 6 atom stereocenters. The Morgan fingerprint density at radius 1 is 1.34 bits per heavy atom. The van der Waals surface area contributed by atoms with Gasteiger partial charge in [0.1, 0.15) is 6.10 Å². The van der Waals surface area contributed by atoms with Crippen LogP contribution in [0, 0.1) is 11.3 Å². The van der Waals surface area contributed by atoms with Gasteiger partial charge < -0.3 is 29.7 Å². The second-order valence-electron chi connectivity index (χ2n) is 7.44. The fraction of sp³-hybridized carbons (Fsp3) is 0.600. The monoisotopic (exact) mass is 424 g/mol. The van der Waals surface area contributed by atoms with Crippen molar-refractivity contribution in [3.05, 3.63) is 28.8 Å². The fourth-order valence-electron chi connectivity index (χ4n) is 4.10. The van der Waals surface area contributed by atoms with E-state index in [2.05, 4.69) is 0 Å². The molecule has 1 heterocycles. The molecule has 4 unspecified atom stereocenters. The van der Waals surface area contributed by atoms with Crippen LogP contribution in [0.4, 0.5) is 5.69 Å². The molecule has 0 bridgehead atoms. The van der Waals surface area contributed by atoms with Crippen LogP contribution in [0.5, 0.6) is 0 Å². The number of methoxy groups -OCH3 is 1. The van der Waals surface area contributed by atoms with Crippen molar-refractivity contribution in [1.82, 2.24) is 0 Å². The van der Waals surface area contributed by atoms with Gasteiger partial charge >= 0.3 is 0 Å². The third kappa shape index (κ3) is 4.56. The molecule has 1 aromatic rings. The second kappa shape index (κ2) is 9.39. The topological polar surface area (TPSA) is 123 Å². The summed E-state index contributed by atoms with van der Waals surface area (Å²) in [5, 5.41) is 39.7. The number of hydrogen-bond acceptors (Lipinski definition) is 7.